The van der Waals surface area contributed by atoms with Crippen molar-refractivity contribution in [2.45, 2.75) is 6.61 Å². The Labute approximate surface area is 105 Å². The van der Waals surface area contributed by atoms with E-state index >= 15 is 0 Å². The number of aliphatic hydroxyl groups excluding tert-OH is 1. The summed E-state index contributed by atoms with van der Waals surface area (Å²) in [6.07, 6.45) is 1.72. The molecule has 1 saturated heterocycles. The third kappa shape index (κ3) is 2.61. The summed E-state index contributed by atoms with van der Waals surface area (Å²) in [7, 11) is -0.689. The van der Waals surface area contributed by atoms with Gasteiger partial charge >= 0.3 is 0 Å². The van der Waals surface area contributed by atoms with E-state index < -0.39 is 10.8 Å². The SMILES string of the molecule is O=S1CCN(c2ncc(Br)cc2CO)CC1. The summed E-state index contributed by atoms with van der Waals surface area (Å²) >= 11 is 3.33. The van der Waals surface area contributed by atoms with E-state index in [2.05, 4.69) is 25.8 Å². The zero-order valence-corrected chi connectivity index (χ0v) is 11.1. The molecule has 0 atom stereocenters. The molecule has 16 heavy (non-hydrogen) atoms. The molecule has 1 aliphatic rings. The lowest BCUT2D eigenvalue weighted by molar-refractivity contribution is 0.281. The topological polar surface area (TPSA) is 53.4 Å². The molecule has 0 spiro atoms. The highest BCUT2D eigenvalue weighted by Crippen LogP contribution is 2.22. The summed E-state index contributed by atoms with van der Waals surface area (Å²) in [6.45, 7) is 1.46. The van der Waals surface area contributed by atoms with Crippen LogP contribution in [0.4, 0.5) is 5.82 Å². The molecule has 1 fully saturated rings. The quantitative estimate of drug-likeness (QED) is 0.882. The maximum Gasteiger partial charge on any atom is 0.134 e. The van der Waals surface area contributed by atoms with E-state index in [1.54, 1.807) is 6.20 Å². The predicted molar refractivity (Wildman–Crippen MR) is 67.9 cm³/mol. The molecule has 88 valence electrons. The Morgan fingerprint density at radius 2 is 2.19 bits per heavy atom. The minimum absolute atomic E-state index is 0.0264. The van der Waals surface area contributed by atoms with E-state index in [-0.39, 0.29) is 6.61 Å². The van der Waals surface area contributed by atoms with Gasteiger partial charge in [-0.05, 0) is 22.0 Å². The van der Waals surface area contributed by atoms with Crippen LogP contribution in [0, 0.1) is 0 Å². The van der Waals surface area contributed by atoms with Crippen LogP contribution in [0.15, 0.2) is 16.7 Å². The fraction of sp³-hybridized carbons (Fsp3) is 0.500. The third-order valence-corrected chi connectivity index (χ3v) is 4.27. The molecule has 0 aromatic carbocycles. The van der Waals surface area contributed by atoms with Gasteiger partial charge in [0, 0.05) is 51.6 Å². The van der Waals surface area contributed by atoms with Crippen molar-refractivity contribution in [3.8, 4) is 0 Å². The first-order valence-electron chi connectivity index (χ1n) is 5.06. The average Bonchev–Trinajstić information content (AvgIpc) is 2.30. The lowest BCUT2D eigenvalue weighted by Crippen LogP contribution is -2.38. The smallest absolute Gasteiger partial charge is 0.134 e. The Kier molecular flexibility index (Phi) is 3.94. The number of halogens is 1. The number of anilines is 1. The van der Waals surface area contributed by atoms with Crippen molar-refractivity contribution in [1.29, 1.82) is 0 Å². The van der Waals surface area contributed by atoms with E-state index in [0.29, 0.717) is 11.5 Å². The standard InChI is InChI=1S/C10H13BrN2O2S/c11-9-5-8(7-14)10(12-6-9)13-1-3-16(15)4-2-13/h5-6,14H,1-4,7H2. The molecule has 0 bridgehead atoms. The molecule has 2 rings (SSSR count). The number of aliphatic hydroxyl groups is 1. The van der Waals surface area contributed by atoms with Gasteiger partial charge in [-0.1, -0.05) is 0 Å². The highest BCUT2D eigenvalue weighted by Gasteiger charge is 2.18. The average molecular weight is 305 g/mol. The highest BCUT2D eigenvalue weighted by molar-refractivity contribution is 9.10. The first kappa shape index (κ1) is 12.0. The first-order valence-corrected chi connectivity index (χ1v) is 7.34. The van der Waals surface area contributed by atoms with Crippen molar-refractivity contribution in [3.05, 3.63) is 22.3 Å². The van der Waals surface area contributed by atoms with Crippen molar-refractivity contribution >= 4 is 32.5 Å². The molecule has 0 amide bonds. The molecule has 1 aromatic heterocycles. The lowest BCUT2D eigenvalue weighted by atomic mass is 10.2. The van der Waals surface area contributed by atoms with Crippen molar-refractivity contribution < 1.29 is 9.32 Å². The Morgan fingerprint density at radius 1 is 1.50 bits per heavy atom. The van der Waals surface area contributed by atoms with E-state index in [9.17, 15) is 9.32 Å². The number of aromatic nitrogens is 1. The molecule has 0 radical (unpaired) electrons. The fourth-order valence-electron chi connectivity index (χ4n) is 1.72. The largest absolute Gasteiger partial charge is 0.392 e. The van der Waals surface area contributed by atoms with Gasteiger partial charge in [-0.3, -0.25) is 4.21 Å². The van der Waals surface area contributed by atoms with Crippen LogP contribution in [0.25, 0.3) is 0 Å². The van der Waals surface area contributed by atoms with Gasteiger partial charge in [0.05, 0.1) is 6.61 Å². The normalized spacial score (nSPS) is 17.8. The summed E-state index contributed by atoms with van der Waals surface area (Å²) in [6, 6.07) is 1.87. The Balaban J connectivity index is 2.22. The van der Waals surface area contributed by atoms with Gasteiger partial charge < -0.3 is 10.0 Å². The molecule has 1 aromatic rings. The number of rotatable bonds is 2. The van der Waals surface area contributed by atoms with Gasteiger partial charge in [0.25, 0.3) is 0 Å². The monoisotopic (exact) mass is 304 g/mol. The highest BCUT2D eigenvalue weighted by atomic mass is 79.9. The molecule has 4 nitrogen and oxygen atoms in total. The van der Waals surface area contributed by atoms with Gasteiger partial charge in [-0.25, -0.2) is 4.98 Å². The van der Waals surface area contributed by atoms with Gasteiger partial charge in [0.2, 0.25) is 0 Å². The van der Waals surface area contributed by atoms with Crippen molar-refractivity contribution in [2.75, 3.05) is 29.5 Å². The van der Waals surface area contributed by atoms with Crippen LogP contribution in [0.1, 0.15) is 5.56 Å². The fourth-order valence-corrected chi connectivity index (χ4v) is 3.16. The molecule has 0 saturated carbocycles. The van der Waals surface area contributed by atoms with Crippen molar-refractivity contribution in [1.82, 2.24) is 4.98 Å². The molecule has 1 N–H and O–H groups in total. The van der Waals surface area contributed by atoms with Crippen molar-refractivity contribution in [3.63, 3.8) is 0 Å². The first-order chi connectivity index (χ1) is 7.70. The van der Waals surface area contributed by atoms with E-state index in [4.69, 9.17) is 0 Å². The van der Waals surface area contributed by atoms with Crippen LogP contribution in [0.3, 0.4) is 0 Å². The Bertz CT molecular complexity index is 404. The van der Waals surface area contributed by atoms with Gasteiger partial charge in [0.1, 0.15) is 5.82 Å². The maximum atomic E-state index is 11.3. The molecular formula is C10H13BrN2O2S. The van der Waals surface area contributed by atoms with Crippen LogP contribution in [0.2, 0.25) is 0 Å². The Morgan fingerprint density at radius 3 is 2.81 bits per heavy atom. The third-order valence-electron chi connectivity index (χ3n) is 2.56. The van der Waals surface area contributed by atoms with Gasteiger partial charge in [-0.15, -0.1) is 0 Å². The number of hydrogen-bond acceptors (Lipinski definition) is 4. The summed E-state index contributed by atoms with van der Waals surface area (Å²) < 4.78 is 12.1. The predicted octanol–water partition coefficient (Wildman–Crippen LogP) is 0.905. The zero-order chi connectivity index (χ0) is 11.5. The molecule has 6 heteroatoms. The van der Waals surface area contributed by atoms with Crippen LogP contribution < -0.4 is 4.90 Å². The van der Waals surface area contributed by atoms with E-state index in [1.807, 2.05) is 6.07 Å². The van der Waals surface area contributed by atoms with Gasteiger partial charge in [-0.2, -0.15) is 0 Å². The minimum Gasteiger partial charge on any atom is -0.392 e. The molecular weight excluding hydrogens is 292 g/mol. The molecule has 0 unspecified atom stereocenters. The van der Waals surface area contributed by atoms with E-state index in [0.717, 1.165) is 28.9 Å². The second-order valence-electron chi connectivity index (χ2n) is 3.63. The number of hydrogen-bond donors (Lipinski definition) is 1. The molecule has 0 aliphatic carbocycles. The van der Waals surface area contributed by atoms with E-state index in [1.165, 1.54) is 0 Å². The van der Waals surface area contributed by atoms with Crippen LogP contribution in [-0.2, 0) is 17.4 Å². The summed E-state index contributed by atoms with van der Waals surface area (Å²) in [4.78, 5) is 6.40. The van der Waals surface area contributed by atoms with Crippen LogP contribution in [-0.4, -0.2) is 38.9 Å². The molecule has 2 heterocycles. The lowest BCUT2D eigenvalue weighted by Gasteiger charge is -2.28. The zero-order valence-electron chi connectivity index (χ0n) is 8.73. The second kappa shape index (κ2) is 5.25. The second-order valence-corrected chi connectivity index (χ2v) is 6.24. The maximum absolute atomic E-state index is 11.3. The minimum atomic E-state index is -0.689. The number of pyridine rings is 1. The van der Waals surface area contributed by atoms with Gasteiger partial charge in [0.15, 0.2) is 0 Å². The summed E-state index contributed by atoms with van der Waals surface area (Å²) in [5.41, 5.74) is 0.807. The Hall–Kier alpha value is -0.460. The summed E-state index contributed by atoms with van der Waals surface area (Å²) in [5.74, 6) is 2.17. The van der Waals surface area contributed by atoms with Crippen molar-refractivity contribution in [2.24, 2.45) is 0 Å². The van der Waals surface area contributed by atoms with Crippen LogP contribution >= 0.6 is 15.9 Å². The summed E-state index contributed by atoms with van der Waals surface area (Å²) in [5, 5.41) is 9.28. The van der Waals surface area contributed by atoms with Crippen LogP contribution in [0.5, 0.6) is 0 Å². The number of nitrogens with zero attached hydrogens (tertiary/aromatic N) is 2. The molecule has 1 aliphatic heterocycles.